The molecule has 8 nitrogen and oxygen atoms in total. The Hall–Kier alpha value is -3.13. The monoisotopic (exact) mass is 342 g/mol. The fourth-order valence-corrected chi connectivity index (χ4v) is 2.67. The van der Waals surface area contributed by atoms with Crippen LogP contribution < -0.4 is 10.9 Å². The van der Waals surface area contributed by atoms with Gasteiger partial charge in [0.2, 0.25) is 5.65 Å². The van der Waals surface area contributed by atoms with Crippen molar-refractivity contribution in [3.8, 4) is 0 Å². The van der Waals surface area contributed by atoms with Crippen LogP contribution in [0.3, 0.4) is 0 Å². The third-order valence-corrected chi connectivity index (χ3v) is 3.88. The molecule has 120 valence electrons. The molecule has 0 atom stereocenters. The van der Waals surface area contributed by atoms with E-state index in [1.807, 2.05) is 6.07 Å². The van der Waals surface area contributed by atoms with E-state index >= 15 is 0 Å². The van der Waals surface area contributed by atoms with Gasteiger partial charge in [-0.15, -0.1) is 10.2 Å². The Kier molecular flexibility index (Phi) is 3.31. The number of rotatable bonds is 3. The summed E-state index contributed by atoms with van der Waals surface area (Å²) in [5.41, 5.74) is 1.08. The lowest BCUT2D eigenvalue weighted by molar-refractivity contribution is 0.0945. The minimum atomic E-state index is -0.338. The Labute approximate surface area is 139 Å². The molecule has 1 amide bonds. The first kappa shape index (κ1) is 14.5. The normalized spacial score (nSPS) is 11.2. The molecule has 4 rings (SSSR count). The van der Waals surface area contributed by atoms with Crippen LogP contribution in [0, 0.1) is 0 Å². The summed E-state index contributed by atoms with van der Waals surface area (Å²) in [6, 6.07) is 7.07. The van der Waals surface area contributed by atoms with Gasteiger partial charge < -0.3 is 15.3 Å². The molecule has 0 radical (unpaired) electrons. The predicted molar refractivity (Wildman–Crippen MR) is 88.1 cm³/mol. The smallest absolute Gasteiger partial charge is 0.293 e. The van der Waals surface area contributed by atoms with Crippen LogP contribution in [-0.2, 0) is 6.54 Å². The lowest BCUT2D eigenvalue weighted by atomic mass is 10.2. The molecule has 0 aliphatic carbocycles. The van der Waals surface area contributed by atoms with Gasteiger partial charge in [-0.3, -0.25) is 14.0 Å². The van der Waals surface area contributed by atoms with Crippen LogP contribution in [0.4, 0.5) is 0 Å². The molecular weight excluding hydrogens is 332 g/mol. The third-order valence-electron chi connectivity index (χ3n) is 3.64. The summed E-state index contributed by atoms with van der Waals surface area (Å²) in [4.78, 5) is 29.4. The highest BCUT2D eigenvalue weighted by atomic mass is 35.5. The molecule has 3 heterocycles. The first-order valence-electron chi connectivity index (χ1n) is 7.09. The molecule has 9 heteroatoms. The molecule has 0 saturated carbocycles. The maximum absolute atomic E-state index is 12.3. The van der Waals surface area contributed by atoms with E-state index in [1.165, 1.54) is 10.6 Å². The van der Waals surface area contributed by atoms with E-state index in [2.05, 4.69) is 25.5 Å². The van der Waals surface area contributed by atoms with Gasteiger partial charge in [-0.1, -0.05) is 11.6 Å². The maximum Gasteiger partial charge on any atom is 0.293 e. The molecule has 0 saturated heterocycles. The first-order chi connectivity index (χ1) is 11.6. The quantitative estimate of drug-likeness (QED) is 0.524. The van der Waals surface area contributed by atoms with Crippen LogP contribution in [-0.4, -0.2) is 30.5 Å². The summed E-state index contributed by atoms with van der Waals surface area (Å²) in [5.74, 6) is 0.174. The zero-order valence-electron chi connectivity index (χ0n) is 12.2. The van der Waals surface area contributed by atoms with Crippen molar-refractivity contribution in [2.45, 2.75) is 6.54 Å². The summed E-state index contributed by atoms with van der Waals surface area (Å²) in [7, 11) is 0. The van der Waals surface area contributed by atoms with Crippen molar-refractivity contribution in [1.82, 2.24) is 29.9 Å². The number of hydrogen-bond donors (Lipinski definition) is 3. The van der Waals surface area contributed by atoms with Crippen LogP contribution in [0.15, 0.2) is 41.5 Å². The Morgan fingerprint density at radius 2 is 2.17 bits per heavy atom. The van der Waals surface area contributed by atoms with Crippen molar-refractivity contribution in [3.05, 3.63) is 63.6 Å². The Morgan fingerprint density at radius 1 is 1.29 bits per heavy atom. The number of amides is 1. The maximum atomic E-state index is 12.3. The fourth-order valence-electron chi connectivity index (χ4n) is 2.49. The zero-order chi connectivity index (χ0) is 16.7. The molecular formula is C15H11ClN6O2. The molecule has 3 aromatic heterocycles. The van der Waals surface area contributed by atoms with Crippen LogP contribution in [0.25, 0.3) is 16.6 Å². The lowest BCUT2D eigenvalue weighted by Gasteiger charge is -2.02. The summed E-state index contributed by atoms with van der Waals surface area (Å²) in [6.45, 7) is 0.138. The van der Waals surface area contributed by atoms with Crippen molar-refractivity contribution in [1.29, 1.82) is 0 Å². The summed E-state index contributed by atoms with van der Waals surface area (Å²) in [6.07, 6.45) is 3.12. The molecule has 4 aromatic rings. The highest BCUT2D eigenvalue weighted by molar-refractivity contribution is 6.31. The second-order valence-electron chi connectivity index (χ2n) is 5.20. The number of fused-ring (bicyclic) bond motifs is 2. The van der Waals surface area contributed by atoms with Gasteiger partial charge >= 0.3 is 0 Å². The number of aromatic nitrogens is 5. The number of nitrogens with zero attached hydrogens (tertiary/aromatic N) is 3. The second-order valence-corrected chi connectivity index (χ2v) is 5.63. The fraction of sp³-hybridized carbons (Fsp3) is 0.0667. The number of benzene rings is 1. The topological polar surface area (TPSA) is 108 Å². The van der Waals surface area contributed by atoms with E-state index in [4.69, 9.17) is 11.6 Å². The SMILES string of the molecule is O=C(NCc1nnc2c(=O)[nH]ccn12)c1cc2cc(Cl)ccc2[nH]1. The number of halogens is 1. The van der Waals surface area contributed by atoms with Gasteiger partial charge in [0.15, 0.2) is 5.82 Å². The Morgan fingerprint density at radius 3 is 3.04 bits per heavy atom. The van der Waals surface area contributed by atoms with E-state index in [0.29, 0.717) is 16.5 Å². The zero-order valence-corrected chi connectivity index (χ0v) is 13.0. The van der Waals surface area contributed by atoms with E-state index in [9.17, 15) is 9.59 Å². The van der Waals surface area contributed by atoms with Crippen molar-refractivity contribution < 1.29 is 4.79 Å². The molecule has 0 aliphatic rings. The molecule has 0 fully saturated rings. The largest absolute Gasteiger partial charge is 0.351 e. The average Bonchev–Trinajstić information content (AvgIpc) is 3.17. The van der Waals surface area contributed by atoms with Gasteiger partial charge in [-0.25, -0.2) is 0 Å². The van der Waals surface area contributed by atoms with E-state index in [1.54, 1.807) is 24.4 Å². The van der Waals surface area contributed by atoms with Crippen molar-refractivity contribution >= 4 is 34.1 Å². The van der Waals surface area contributed by atoms with Gasteiger partial charge in [0, 0.05) is 28.3 Å². The van der Waals surface area contributed by atoms with Crippen LogP contribution in [0.2, 0.25) is 5.02 Å². The van der Waals surface area contributed by atoms with E-state index in [-0.39, 0.29) is 23.7 Å². The van der Waals surface area contributed by atoms with Gasteiger partial charge in [-0.05, 0) is 24.3 Å². The van der Waals surface area contributed by atoms with Crippen LogP contribution >= 0.6 is 11.6 Å². The van der Waals surface area contributed by atoms with E-state index in [0.717, 1.165) is 10.9 Å². The van der Waals surface area contributed by atoms with Crippen molar-refractivity contribution in [3.63, 3.8) is 0 Å². The number of H-pyrrole nitrogens is 2. The van der Waals surface area contributed by atoms with Crippen LogP contribution in [0.1, 0.15) is 16.3 Å². The molecule has 3 N–H and O–H groups in total. The molecule has 0 bridgehead atoms. The van der Waals surface area contributed by atoms with Crippen molar-refractivity contribution in [2.75, 3.05) is 0 Å². The minimum absolute atomic E-state index is 0.138. The van der Waals surface area contributed by atoms with Gasteiger partial charge in [0.05, 0.1) is 6.54 Å². The number of carbonyl (C=O) groups excluding carboxylic acids is 1. The molecule has 0 aliphatic heterocycles. The van der Waals surface area contributed by atoms with E-state index < -0.39 is 0 Å². The number of nitrogens with one attached hydrogen (secondary N) is 3. The second kappa shape index (κ2) is 5.50. The number of aromatic amines is 2. The van der Waals surface area contributed by atoms with Gasteiger partial charge in [0.25, 0.3) is 11.5 Å². The lowest BCUT2D eigenvalue weighted by Crippen LogP contribution is -2.24. The number of carbonyl (C=O) groups is 1. The highest BCUT2D eigenvalue weighted by Crippen LogP contribution is 2.20. The van der Waals surface area contributed by atoms with Gasteiger partial charge in [-0.2, -0.15) is 0 Å². The molecule has 0 spiro atoms. The highest BCUT2D eigenvalue weighted by Gasteiger charge is 2.12. The molecule has 1 aromatic carbocycles. The first-order valence-corrected chi connectivity index (χ1v) is 7.47. The van der Waals surface area contributed by atoms with Gasteiger partial charge in [0.1, 0.15) is 5.69 Å². The standard InChI is InChI=1S/C15H11ClN6O2/c16-9-1-2-10-8(5-9)6-11(19-10)14(23)18-7-12-20-21-13-15(24)17-3-4-22(12)13/h1-6,19H,7H2,(H,17,24)(H,18,23). The summed E-state index contributed by atoms with van der Waals surface area (Å²) < 4.78 is 1.53. The molecule has 24 heavy (non-hydrogen) atoms. The van der Waals surface area contributed by atoms with Crippen LogP contribution in [0.5, 0.6) is 0 Å². The number of hydrogen-bond acceptors (Lipinski definition) is 4. The third kappa shape index (κ3) is 2.42. The molecule has 0 unspecified atom stereocenters. The average molecular weight is 343 g/mol. The van der Waals surface area contributed by atoms with Crippen molar-refractivity contribution in [2.24, 2.45) is 0 Å². The predicted octanol–water partition coefficient (Wildman–Crippen LogP) is 1.48. The Bertz CT molecular complexity index is 1130. The Balaban J connectivity index is 1.56. The minimum Gasteiger partial charge on any atom is -0.351 e. The summed E-state index contributed by atoms with van der Waals surface area (Å²) >= 11 is 5.94. The summed E-state index contributed by atoms with van der Waals surface area (Å²) in [5, 5.41) is 11.9.